The van der Waals surface area contributed by atoms with E-state index in [0.717, 1.165) is 18.7 Å². The zero-order valence-corrected chi connectivity index (χ0v) is 12.1. The number of benzene rings is 2. The Kier molecular flexibility index (Phi) is 3.78. The Morgan fingerprint density at radius 3 is 2.68 bits per heavy atom. The summed E-state index contributed by atoms with van der Waals surface area (Å²) >= 11 is 0. The molecule has 5 nitrogen and oxygen atoms in total. The van der Waals surface area contributed by atoms with Crippen molar-refractivity contribution in [1.29, 1.82) is 0 Å². The molecule has 0 aromatic heterocycles. The fourth-order valence-corrected chi connectivity index (χ4v) is 2.57. The number of carbonyl (C=O) groups excluding carboxylic acids is 2. The van der Waals surface area contributed by atoms with Crippen LogP contribution in [-0.2, 0) is 4.79 Å². The SMILES string of the molecule is Nc1ccccc1C(=O)Nc1cccc(N2CCCC2=O)c1. The molecular formula is C17H17N3O2. The molecule has 0 saturated carbocycles. The van der Waals surface area contributed by atoms with Crippen molar-refractivity contribution in [2.24, 2.45) is 0 Å². The number of nitrogens with zero attached hydrogens (tertiary/aromatic N) is 1. The maximum Gasteiger partial charge on any atom is 0.257 e. The van der Waals surface area contributed by atoms with E-state index in [1.54, 1.807) is 41.3 Å². The van der Waals surface area contributed by atoms with Crippen LogP contribution in [0.4, 0.5) is 17.1 Å². The number of nitrogens with two attached hydrogens (primary N) is 1. The van der Waals surface area contributed by atoms with Crippen molar-refractivity contribution in [2.45, 2.75) is 12.8 Å². The van der Waals surface area contributed by atoms with Gasteiger partial charge in [-0.1, -0.05) is 18.2 Å². The Hall–Kier alpha value is -2.82. The minimum absolute atomic E-state index is 0.121. The van der Waals surface area contributed by atoms with Crippen LogP contribution in [0.2, 0.25) is 0 Å². The Balaban J connectivity index is 1.80. The van der Waals surface area contributed by atoms with E-state index < -0.39 is 0 Å². The van der Waals surface area contributed by atoms with E-state index in [1.807, 2.05) is 12.1 Å². The molecule has 0 bridgehead atoms. The Labute approximate surface area is 128 Å². The first-order valence-corrected chi connectivity index (χ1v) is 7.21. The third kappa shape index (κ3) is 2.79. The molecule has 2 amide bonds. The predicted octanol–water partition coefficient (Wildman–Crippen LogP) is 2.65. The fraction of sp³-hybridized carbons (Fsp3) is 0.176. The van der Waals surface area contributed by atoms with Crippen molar-refractivity contribution in [2.75, 3.05) is 22.5 Å². The zero-order valence-electron chi connectivity index (χ0n) is 12.1. The average Bonchev–Trinajstić information content (AvgIpc) is 2.94. The van der Waals surface area contributed by atoms with E-state index in [1.165, 1.54) is 0 Å². The van der Waals surface area contributed by atoms with Crippen molar-refractivity contribution >= 4 is 28.9 Å². The van der Waals surface area contributed by atoms with Crippen LogP contribution in [-0.4, -0.2) is 18.4 Å². The van der Waals surface area contributed by atoms with Gasteiger partial charge in [0.2, 0.25) is 5.91 Å². The first-order chi connectivity index (χ1) is 10.6. The lowest BCUT2D eigenvalue weighted by molar-refractivity contribution is -0.117. The van der Waals surface area contributed by atoms with Crippen LogP contribution in [0.3, 0.4) is 0 Å². The van der Waals surface area contributed by atoms with E-state index in [4.69, 9.17) is 5.73 Å². The molecule has 1 aliphatic heterocycles. The van der Waals surface area contributed by atoms with Gasteiger partial charge >= 0.3 is 0 Å². The first-order valence-electron chi connectivity index (χ1n) is 7.21. The molecule has 112 valence electrons. The molecule has 0 unspecified atom stereocenters. The summed E-state index contributed by atoms with van der Waals surface area (Å²) in [6, 6.07) is 14.2. The minimum Gasteiger partial charge on any atom is -0.398 e. The number of amides is 2. The van der Waals surface area contributed by atoms with E-state index in [9.17, 15) is 9.59 Å². The lowest BCUT2D eigenvalue weighted by atomic mass is 10.1. The van der Waals surface area contributed by atoms with E-state index in [2.05, 4.69) is 5.32 Å². The monoisotopic (exact) mass is 295 g/mol. The van der Waals surface area contributed by atoms with Gasteiger partial charge in [0.15, 0.2) is 0 Å². The van der Waals surface area contributed by atoms with Crippen molar-refractivity contribution in [3.05, 3.63) is 54.1 Å². The molecule has 0 spiro atoms. The Morgan fingerprint density at radius 1 is 1.14 bits per heavy atom. The van der Waals surface area contributed by atoms with Gasteiger partial charge < -0.3 is 16.0 Å². The maximum absolute atomic E-state index is 12.3. The topological polar surface area (TPSA) is 75.4 Å². The van der Waals surface area contributed by atoms with Gasteiger partial charge in [-0.25, -0.2) is 0 Å². The normalized spacial score (nSPS) is 14.2. The summed E-state index contributed by atoms with van der Waals surface area (Å²) in [6.45, 7) is 0.724. The Bertz CT molecular complexity index is 727. The smallest absolute Gasteiger partial charge is 0.257 e. The second-order valence-corrected chi connectivity index (χ2v) is 5.24. The highest BCUT2D eigenvalue weighted by Crippen LogP contribution is 2.24. The van der Waals surface area contributed by atoms with Gasteiger partial charge in [-0.3, -0.25) is 9.59 Å². The molecule has 22 heavy (non-hydrogen) atoms. The average molecular weight is 295 g/mol. The van der Waals surface area contributed by atoms with Gasteiger partial charge in [0.1, 0.15) is 0 Å². The summed E-state index contributed by atoms with van der Waals surface area (Å²) in [5.74, 6) is -0.140. The molecule has 2 aromatic rings. The van der Waals surface area contributed by atoms with Crippen LogP contribution in [0.1, 0.15) is 23.2 Å². The maximum atomic E-state index is 12.3. The van der Waals surface area contributed by atoms with Gasteiger partial charge in [0.05, 0.1) is 5.56 Å². The number of hydrogen-bond donors (Lipinski definition) is 2. The third-order valence-corrected chi connectivity index (χ3v) is 3.69. The molecule has 0 atom stereocenters. The molecule has 2 aromatic carbocycles. The molecule has 1 saturated heterocycles. The van der Waals surface area contributed by atoms with Gasteiger partial charge in [-0.05, 0) is 36.8 Å². The molecular weight excluding hydrogens is 278 g/mol. The third-order valence-electron chi connectivity index (χ3n) is 3.69. The number of carbonyl (C=O) groups is 2. The van der Waals surface area contributed by atoms with Crippen LogP contribution in [0.15, 0.2) is 48.5 Å². The summed E-state index contributed by atoms with van der Waals surface area (Å²) in [5, 5.41) is 2.82. The standard InChI is InChI=1S/C17H17N3O2/c18-15-8-2-1-7-14(15)17(22)19-12-5-3-6-13(11-12)20-10-4-9-16(20)21/h1-3,5-8,11H,4,9-10,18H2,(H,19,22). The van der Waals surface area contributed by atoms with Crippen molar-refractivity contribution < 1.29 is 9.59 Å². The van der Waals surface area contributed by atoms with Crippen molar-refractivity contribution in [3.8, 4) is 0 Å². The number of para-hydroxylation sites is 1. The van der Waals surface area contributed by atoms with Crippen LogP contribution in [0.5, 0.6) is 0 Å². The highest BCUT2D eigenvalue weighted by molar-refractivity contribution is 6.08. The van der Waals surface area contributed by atoms with Crippen LogP contribution in [0.25, 0.3) is 0 Å². The fourth-order valence-electron chi connectivity index (χ4n) is 2.57. The van der Waals surface area contributed by atoms with Gasteiger partial charge in [-0.2, -0.15) is 0 Å². The number of hydrogen-bond acceptors (Lipinski definition) is 3. The predicted molar refractivity (Wildman–Crippen MR) is 86.8 cm³/mol. The molecule has 0 radical (unpaired) electrons. The van der Waals surface area contributed by atoms with E-state index >= 15 is 0 Å². The lowest BCUT2D eigenvalue weighted by Crippen LogP contribution is -2.23. The highest BCUT2D eigenvalue weighted by atomic mass is 16.2. The van der Waals surface area contributed by atoms with Gasteiger partial charge in [0.25, 0.3) is 5.91 Å². The van der Waals surface area contributed by atoms with E-state index in [-0.39, 0.29) is 11.8 Å². The lowest BCUT2D eigenvalue weighted by Gasteiger charge is -2.17. The molecule has 0 aliphatic carbocycles. The van der Waals surface area contributed by atoms with Crippen molar-refractivity contribution in [1.82, 2.24) is 0 Å². The van der Waals surface area contributed by atoms with Crippen LogP contribution >= 0.6 is 0 Å². The second-order valence-electron chi connectivity index (χ2n) is 5.24. The van der Waals surface area contributed by atoms with Gasteiger partial charge in [-0.15, -0.1) is 0 Å². The van der Waals surface area contributed by atoms with Crippen molar-refractivity contribution in [3.63, 3.8) is 0 Å². The van der Waals surface area contributed by atoms with Gasteiger partial charge in [0, 0.05) is 30.0 Å². The summed E-state index contributed by atoms with van der Waals surface area (Å²) in [4.78, 5) is 25.8. The molecule has 1 fully saturated rings. The number of nitrogens with one attached hydrogen (secondary N) is 1. The quantitative estimate of drug-likeness (QED) is 0.855. The number of anilines is 3. The summed E-state index contributed by atoms with van der Waals surface area (Å²) in [6.07, 6.45) is 1.45. The molecule has 5 heteroatoms. The summed E-state index contributed by atoms with van der Waals surface area (Å²) < 4.78 is 0. The summed E-state index contributed by atoms with van der Waals surface area (Å²) in [7, 11) is 0. The Morgan fingerprint density at radius 2 is 1.95 bits per heavy atom. The molecule has 3 N–H and O–H groups in total. The van der Waals surface area contributed by atoms with Crippen LogP contribution in [0, 0.1) is 0 Å². The number of nitrogen functional groups attached to an aromatic ring is 1. The first kappa shape index (κ1) is 14.1. The molecule has 1 aliphatic rings. The zero-order chi connectivity index (χ0) is 15.5. The van der Waals surface area contributed by atoms with Crippen LogP contribution < -0.4 is 16.0 Å². The number of rotatable bonds is 3. The van der Waals surface area contributed by atoms with E-state index in [0.29, 0.717) is 23.4 Å². The molecule has 3 rings (SSSR count). The molecule has 1 heterocycles. The largest absolute Gasteiger partial charge is 0.398 e. The summed E-state index contributed by atoms with van der Waals surface area (Å²) in [5.41, 5.74) is 8.13. The highest BCUT2D eigenvalue weighted by Gasteiger charge is 2.21. The second kappa shape index (κ2) is 5.89. The minimum atomic E-state index is -0.261.